The fourth-order valence-electron chi connectivity index (χ4n) is 2.82. The van der Waals surface area contributed by atoms with E-state index in [0.29, 0.717) is 11.1 Å². The SMILES string of the molecule is Cc1ccc(C)n1-c1ccc(C(=O)N/N=C\c2ccc(Cl)c([N+](=O)[O-])c2)cc1. The van der Waals surface area contributed by atoms with Crippen LogP contribution in [-0.2, 0) is 0 Å². The van der Waals surface area contributed by atoms with E-state index in [1.54, 1.807) is 18.2 Å². The van der Waals surface area contributed by atoms with Crippen molar-refractivity contribution in [3.8, 4) is 5.69 Å². The van der Waals surface area contributed by atoms with Crippen molar-refractivity contribution >= 4 is 29.4 Å². The minimum atomic E-state index is -0.575. The highest BCUT2D eigenvalue weighted by molar-refractivity contribution is 6.32. The summed E-state index contributed by atoms with van der Waals surface area (Å²) in [7, 11) is 0. The van der Waals surface area contributed by atoms with Crippen LogP contribution in [0.25, 0.3) is 5.69 Å². The normalized spacial score (nSPS) is 11.0. The van der Waals surface area contributed by atoms with E-state index in [1.807, 2.05) is 38.1 Å². The molecule has 3 aromatic rings. The number of carbonyl (C=O) groups is 1. The highest BCUT2D eigenvalue weighted by atomic mass is 35.5. The summed E-state index contributed by atoms with van der Waals surface area (Å²) in [4.78, 5) is 22.6. The first-order valence-corrected chi connectivity index (χ1v) is 8.77. The number of nitro benzene ring substituents is 1. The molecule has 1 amide bonds. The molecule has 0 aliphatic rings. The number of nitro groups is 1. The molecule has 0 bridgehead atoms. The second-order valence-electron chi connectivity index (χ2n) is 6.17. The maximum absolute atomic E-state index is 12.2. The number of aromatic nitrogens is 1. The van der Waals surface area contributed by atoms with Gasteiger partial charge < -0.3 is 4.57 Å². The highest BCUT2D eigenvalue weighted by Gasteiger charge is 2.12. The van der Waals surface area contributed by atoms with Gasteiger partial charge in [-0.2, -0.15) is 5.10 Å². The van der Waals surface area contributed by atoms with Crippen LogP contribution in [0, 0.1) is 24.0 Å². The van der Waals surface area contributed by atoms with Crippen molar-refractivity contribution < 1.29 is 9.72 Å². The van der Waals surface area contributed by atoms with E-state index in [9.17, 15) is 14.9 Å². The zero-order valence-corrected chi connectivity index (χ0v) is 16.0. The van der Waals surface area contributed by atoms with Crippen LogP contribution in [0.1, 0.15) is 27.3 Å². The maximum atomic E-state index is 12.2. The van der Waals surface area contributed by atoms with Gasteiger partial charge in [-0.05, 0) is 56.3 Å². The van der Waals surface area contributed by atoms with Crippen LogP contribution in [0.4, 0.5) is 5.69 Å². The summed E-state index contributed by atoms with van der Waals surface area (Å²) in [6.07, 6.45) is 1.32. The lowest BCUT2D eigenvalue weighted by Gasteiger charge is -2.10. The Kier molecular flexibility index (Phi) is 5.56. The molecule has 0 aliphatic heterocycles. The Morgan fingerprint density at radius 3 is 2.36 bits per heavy atom. The Labute approximate surface area is 166 Å². The van der Waals surface area contributed by atoms with E-state index in [2.05, 4.69) is 15.1 Å². The first-order valence-electron chi connectivity index (χ1n) is 8.39. The number of nitrogens with one attached hydrogen (secondary N) is 1. The van der Waals surface area contributed by atoms with Crippen molar-refractivity contribution in [1.29, 1.82) is 0 Å². The summed E-state index contributed by atoms with van der Waals surface area (Å²) in [6, 6.07) is 15.5. The monoisotopic (exact) mass is 396 g/mol. The third-order valence-electron chi connectivity index (χ3n) is 4.21. The predicted octanol–water partition coefficient (Wildman–Crippen LogP) is 4.42. The Balaban J connectivity index is 1.69. The molecule has 0 atom stereocenters. The van der Waals surface area contributed by atoms with Gasteiger partial charge in [-0.25, -0.2) is 5.43 Å². The first-order chi connectivity index (χ1) is 13.4. The largest absolute Gasteiger partial charge is 0.319 e. The molecule has 0 saturated heterocycles. The third-order valence-corrected chi connectivity index (χ3v) is 4.53. The number of carbonyl (C=O) groups excluding carboxylic acids is 1. The lowest BCUT2D eigenvalue weighted by molar-refractivity contribution is -0.384. The van der Waals surface area contributed by atoms with Crippen molar-refractivity contribution in [2.75, 3.05) is 0 Å². The molecule has 0 radical (unpaired) electrons. The molecule has 3 rings (SSSR count). The average Bonchev–Trinajstić information content (AvgIpc) is 3.01. The molecule has 1 N–H and O–H groups in total. The Bertz CT molecular complexity index is 1050. The van der Waals surface area contributed by atoms with Gasteiger partial charge in [0.25, 0.3) is 11.6 Å². The summed E-state index contributed by atoms with van der Waals surface area (Å²) in [5, 5.41) is 14.8. The van der Waals surface area contributed by atoms with Crippen LogP contribution in [-0.4, -0.2) is 21.6 Å². The zero-order chi connectivity index (χ0) is 20.3. The van der Waals surface area contributed by atoms with Gasteiger partial charge in [0.05, 0.1) is 11.1 Å². The number of aryl methyl sites for hydroxylation is 2. The van der Waals surface area contributed by atoms with E-state index in [-0.39, 0.29) is 16.6 Å². The Morgan fingerprint density at radius 2 is 1.75 bits per heavy atom. The molecule has 7 nitrogen and oxygen atoms in total. The average molecular weight is 397 g/mol. The molecule has 0 spiro atoms. The molecule has 0 saturated carbocycles. The quantitative estimate of drug-likeness (QED) is 0.393. The smallest absolute Gasteiger partial charge is 0.288 e. The Hall–Kier alpha value is -3.45. The lowest BCUT2D eigenvalue weighted by atomic mass is 10.2. The van der Waals surface area contributed by atoms with Gasteiger partial charge in [0.2, 0.25) is 0 Å². The second kappa shape index (κ2) is 8.06. The van der Waals surface area contributed by atoms with E-state index in [4.69, 9.17) is 11.6 Å². The number of benzene rings is 2. The van der Waals surface area contributed by atoms with E-state index < -0.39 is 4.92 Å². The summed E-state index contributed by atoms with van der Waals surface area (Å²) >= 11 is 5.77. The fraction of sp³-hybridized carbons (Fsp3) is 0.100. The molecule has 28 heavy (non-hydrogen) atoms. The number of hydrazone groups is 1. The van der Waals surface area contributed by atoms with Crippen LogP contribution < -0.4 is 5.43 Å². The van der Waals surface area contributed by atoms with Crippen molar-refractivity contribution in [2.45, 2.75) is 13.8 Å². The first kappa shape index (κ1) is 19.3. The highest BCUT2D eigenvalue weighted by Crippen LogP contribution is 2.24. The minimum Gasteiger partial charge on any atom is -0.319 e. The summed E-state index contributed by atoms with van der Waals surface area (Å²) < 4.78 is 2.09. The van der Waals surface area contributed by atoms with Crippen LogP contribution in [0.15, 0.2) is 59.7 Å². The molecule has 1 aromatic heterocycles. The lowest BCUT2D eigenvalue weighted by Crippen LogP contribution is -2.17. The molecule has 2 aromatic carbocycles. The molecule has 8 heteroatoms. The van der Waals surface area contributed by atoms with Gasteiger partial charge in [0.1, 0.15) is 5.02 Å². The zero-order valence-electron chi connectivity index (χ0n) is 15.2. The van der Waals surface area contributed by atoms with Gasteiger partial charge in [0, 0.05) is 34.3 Å². The summed E-state index contributed by atoms with van der Waals surface area (Å²) in [5.74, 6) is -0.382. The van der Waals surface area contributed by atoms with Crippen LogP contribution in [0.2, 0.25) is 5.02 Å². The molecule has 0 unspecified atom stereocenters. The third kappa shape index (κ3) is 4.10. The minimum absolute atomic E-state index is 0.0411. The number of rotatable bonds is 5. The van der Waals surface area contributed by atoms with E-state index in [1.165, 1.54) is 18.3 Å². The second-order valence-corrected chi connectivity index (χ2v) is 6.57. The van der Waals surface area contributed by atoms with Gasteiger partial charge >= 0.3 is 0 Å². The molecule has 142 valence electrons. The number of hydrogen-bond donors (Lipinski definition) is 1. The molecule has 0 fully saturated rings. The maximum Gasteiger partial charge on any atom is 0.288 e. The topological polar surface area (TPSA) is 89.5 Å². The number of amides is 1. The predicted molar refractivity (Wildman–Crippen MR) is 108 cm³/mol. The standard InChI is InChI=1S/C20H17ClN4O3/c1-13-3-4-14(2)24(13)17-8-6-16(7-9-17)20(26)23-22-12-15-5-10-18(21)19(11-15)25(27)28/h3-12H,1-2H3,(H,23,26)/b22-12-. The molecular formula is C20H17ClN4O3. The molecular weight excluding hydrogens is 380 g/mol. The Morgan fingerprint density at radius 1 is 1.11 bits per heavy atom. The van der Waals surface area contributed by atoms with Crippen LogP contribution in [0.5, 0.6) is 0 Å². The van der Waals surface area contributed by atoms with Crippen molar-refractivity contribution in [2.24, 2.45) is 5.10 Å². The van der Waals surface area contributed by atoms with Gasteiger partial charge in [-0.3, -0.25) is 14.9 Å². The van der Waals surface area contributed by atoms with Crippen molar-refractivity contribution in [3.63, 3.8) is 0 Å². The number of halogens is 1. The van der Waals surface area contributed by atoms with E-state index >= 15 is 0 Å². The molecule has 0 aliphatic carbocycles. The summed E-state index contributed by atoms with van der Waals surface area (Å²) in [6.45, 7) is 4.03. The van der Waals surface area contributed by atoms with Gasteiger partial charge in [0.15, 0.2) is 0 Å². The van der Waals surface area contributed by atoms with Crippen molar-refractivity contribution in [1.82, 2.24) is 9.99 Å². The van der Waals surface area contributed by atoms with Crippen LogP contribution >= 0.6 is 11.6 Å². The van der Waals surface area contributed by atoms with Crippen LogP contribution in [0.3, 0.4) is 0 Å². The molecule has 1 heterocycles. The van der Waals surface area contributed by atoms with Gasteiger partial charge in [-0.1, -0.05) is 17.7 Å². The summed E-state index contributed by atoms with van der Waals surface area (Å²) in [5.41, 5.74) is 6.27. The fourth-order valence-corrected chi connectivity index (χ4v) is 3.00. The number of hydrogen-bond acceptors (Lipinski definition) is 4. The van der Waals surface area contributed by atoms with E-state index in [0.717, 1.165) is 17.1 Å². The van der Waals surface area contributed by atoms with Gasteiger partial charge in [-0.15, -0.1) is 0 Å². The van der Waals surface area contributed by atoms with Crippen molar-refractivity contribution in [3.05, 3.63) is 92.2 Å². The number of nitrogens with zero attached hydrogens (tertiary/aromatic N) is 3.